The van der Waals surface area contributed by atoms with Crippen molar-refractivity contribution < 1.29 is 26.4 Å². The number of hydrogen-bond acceptors (Lipinski definition) is 6. The van der Waals surface area contributed by atoms with Gasteiger partial charge in [-0.15, -0.1) is 0 Å². The largest absolute Gasteiger partial charge is 0.417 e. The average Bonchev–Trinajstić information content (AvgIpc) is 3.11. The van der Waals surface area contributed by atoms with Gasteiger partial charge in [0, 0.05) is 57.2 Å². The first kappa shape index (κ1) is 26.0. The molecule has 196 valence electrons. The highest BCUT2D eigenvalue weighted by atomic mass is 32.2. The van der Waals surface area contributed by atoms with Gasteiger partial charge < -0.3 is 20.9 Å². The second-order valence-electron chi connectivity index (χ2n) is 8.91. The molecule has 13 heteroatoms. The van der Waals surface area contributed by atoms with E-state index in [-0.39, 0.29) is 24.0 Å². The van der Waals surface area contributed by atoms with Crippen molar-refractivity contribution in [3.05, 3.63) is 48.2 Å². The van der Waals surface area contributed by atoms with E-state index in [4.69, 9.17) is 5.73 Å². The number of nitrogens with zero attached hydrogens (tertiary/aromatic N) is 4. The number of alkyl halides is 3. The van der Waals surface area contributed by atoms with Crippen molar-refractivity contribution in [2.24, 2.45) is 5.73 Å². The van der Waals surface area contributed by atoms with E-state index >= 15 is 0 Å². The van der Waals surface area contributed by atoms with Gasteiger partial charge in [0.2, 0.25) is 10.0 Å². The van der Waals surface area contributed by atoms with E-state index in [1.165, 1.54) is 10.4 Å². The van der Waals surface area contributed by atoms with Crippen molar-refractivity contribution in [1.82, 2.24) is 14.2 Å². The third kappa shape index (κ3) is 6.01. The Kier molecular flexibility index (Phi) is 7.59. The summed E-state index contributed by atoms with van der Waals surface area (Å²) in [6, 6.07) is 8.46. The zero-order chi connectivity index (χ0) is 25.9. The maximum Gasteiger partial charge on any atom is 0.417 e. The zero-order valence-electron chi connectivity index (χ0n) is 19.6. The fraction of sp³-hybridized carbons (Fsp3) is 0.478. The third-order valence-corrected chi connectivity index (χ3v) is 8.46. The van der Waals surface area contributed by atoms with Crippen LogP contribution in [0.4, 0.5) is 29.5 Å². The van der Waals surface area contributed by atoms with Gasteiger partial charge in [-0.2, -0.15) is 17.5 Å². The Morgan fingerprint density at radius 2 is 1.67 bits per heavy atom. The van der Waals surface area contributed by atoms with Crippen molar-refractivity contribution >= 4 is 27.6 Å². The van der Waals surface area contributed by atoms with Gasteiger partial charge in [0.05, 0.1) is 10.5 Å². The van der Waals surface area contributed by atoms with E-state index < -0.39 is 27.8 Å². The molecule has 2 amide bonds. The van der Waals surface area contributed by atoms with Crippen molar-refractivity contribution in [3.63, 3.8) is 0 Å². The Hall–Kier alpha value is -3.06. The number of benzene rings is 1. The molecule has 9 nitrogen and oxygen atoms in total. The molecule has 2 saturated heterocycles. The van der Waals surface area contributed by atoms with Gasteiger partial charge in [0.1, 0.15) is 5.82 Å². The number of sulfonamides is 1. The smallest absolute Gasteiger partial charge is 0.370 e. The molecule has 2 aromatic rings. The van der Waals surface area contributed by atoms with Gasteiger partial charge in [0.15, 0.2) is 0 Å². The Morgan fingerprint density at radius 1 is 0.972 bits per heavy atom. The molecule has 0 radical (unpaired) electrons. The third-order valence-electron chi connectivity index (χ3n) is 6.54. The number of halogens is 3. The summed E-state index contributed by atoms with van der Waals surface area (Å²) in [5.74, 6) is 0.326. The summed E-state index contributed by atoms with van der Waals surface area (Å²) in [7, 11) is -3.68. The minimum absolute atomic E-state index is 0.0916. The number of carbonyl (C=O) groups is 1. The highest BCUT2D eigenvalue weighted by molar-refractivity contribution is 7.89. The molecule has 2 fully saturated rings. The van der Waals surface area contributed by atoms with Crippen LogP contribution in [-0.4, -0.2) is 73.9 Å². The van der Waals surface area contributed by atoms with Crippen LogP contribution in [0.25, 0.3) is 0 Å². The van der Waals surface area contributed by atoms with E-state index in [0.29, 0.717) is 38.3 Å². The molecule has 1 aromatic carbocycles. The Labute approximate surface area is 208 Å². The van der Waals surface area contributed by atoms with Crippen molar-refractivity contribution in [3.8, 4) is 0 Å². The van der Waals surface area contributed by atoms with Gasteiger partial charge in [-0.05, 0) is 55.7 Å². The molecule has 0 spiro atoms. The van der Waals surface area contributed by atoms with Crippen molar-refractivity contribution in [2.75, 3.05) is 49.5 Å². The number of piperidine rings is 1. The molecule has 0 bridgehead atoms. The maximum atomic E-state index is 13.2. The highest BCUT2D eigenvalue weighted by Gasteiger charge is 2.32. The van der Waals surface area contributed by atoms with Crippen LogP contribution in [-0.2, 0) is 16.2 Å². The molecule has 3 heterocycles. The number of primary amides is 1. The summed E-state index contributed by atoms with van der Waals surface area (Å²) < 4.78 is 65.9. The molecule has 0 atom stereocenters. The van der Waals surface area contributed by atoms with E-state index in [2.05, 4.69) is 15.2 Å². The Bertz CT molecular complexity index is 1150. The van der Waals surface area contributed by atoms with E-state index in [1.54, 1.807) is 29.2 Å². The number of hydrogen-bond donors (Lipinski definition) is 2. The van der Waals surface area contributed by atoms with Gasteiger partial charge >= 0.3 is 12.2 Å². The van der Waals surface area contributed by atoms with Gasteiger partial charge in [0.25, 0.3) is 0 Å². The zero-order valence-corrected chi connectivity index (χ0v) is 20.4. The SMILES string of the molecule is NC(=O)N1CCCN(c2ccc(S(=O)(=O)N3CCC(Nc4ccc(C(F)(F)F)cn4)CC3)cc2)CC1. The number of nitrogens with two attached hydrogens (primary N) is 1. The lowest BCUT2D eigenvalue weighted by Gasteiger charge is -2.32. The topological polar surface area (TPSA) is 112 Å². The number of carbonyl (C=O) groups excluding carboxylic acids is 1. The molecular weight excluding hydrogens is 497 g/mol. The lowest BCUT2D eigenvalue weighted by atomic mass is 10.1. The molecule has 1 aromatic heterocycles. The van der Waals surface area contributed by atoms with Gasteiger partial charge in [-0.25, -0.2) is 18.2 Å². The lowest BCUT2D eigenvalue weighted by Crippen LogP contribution is -2.42. The standard InChI is InChI=1S/C23H29F3N6O3S/c24-23(25,26)17-2-7-21(28-16-17)29-18-8-12-32(13-9-18)36(34,35)20-5-3-19(4-6-20)30-10-1-11-31(15-14-30)22(27)33/h2-7,16,18H,1,8-15H2,(H2,27,33)(H,28,29). The lowest BCUT2D eigenvalue weighted by molar-refractivity contribution is -0.137. The maximum absolute atomic E-state index is 13.2. The predicted molar refractivity (Wildman–Crippen MR) is 129 cm³/mol. The first-order valence-electron chi connectivity index (χ1n) is 11.7. The second-order valence-corrected chi connectivity index (χ2v) is 10.9. The fourth-order valence-corrected chi connectivity index (χ4v) is 5.94. The number of amides is 2. The quantitative estimate of drug-likeness (QED) is 0.620. The number of rotatable bonds is 5. The van der Waals surface area contributed by atoms with Crippen LogP contribution >= 0.6 is 0 Å². The Balaban J connectivity index is 1.33. The molecular formula is C23H29F3N6O3S. The summed E-state index contributed by atoms with van der Waals surface area (Å²) in [5, 5.41) is 3.09. The fourth-order valence-electron chi connectivity index (χ4n) is 4.47. The van der Waals surface area contributed by atoms with Crippen LogP contribution in [0, 0.1) is 0 Å². The minimum atomic E-state index is -4.44. The number of nitrogens with one attached hydrogen (secondary N) is 1. The van der Waals surface area contributed by atoms with Gasteiger partial charge in [-0.1, -0.05) is 0 Å². The van der Waals surface area contributed by atoms with Crippen LogP contribution in [0.1, 0.15) is 24.8 Å². The summed E-state index contributed by atoms with van der Waals surface area (Å²) in [6.07, 6.45) is -1.88. The molecule has 3 N–H and O–H groups in total. The monoisotopic (exact) mass is 526 g/mol. The number of aromatic nitrogens is 1. The normalized spacial score (nSPS) is 18.6. The summed E-state index contributed by atoms with van der Waals surface area (Å²) in [6.45, 7) is 3.04. The van der Waals surface area contributed by atoms with E-state index in [1.807, 2.05) is 0 Å². The number of pyridine rings is 1. The minimum Gasteiger partial charge on any atom is -0.370 e. The summed E-state index contributed by atoms with van der Waals surface area (Å²) in [5.41, 5.74) is 5.44. The number of anilines is 2. The van der Waals surface area contributed by atoms with Crippen LogP contribution in [0.5, 0.6) is 0 Å². The van der Waals surface area contributed by atoms with E-state index in [9.17, 15) is 26.4 Å². The predicted octanol–water partition coefficient (Wildman–Crippen LogP) is 2.96. The Morgan fingerprint density at radius 3 is 2.25 bits per heavy atom. The van der Waals surface area contributed by atoms with E-state index in [0.717, 1.165) is 30.9 Å². The van der Waals surface area contributed by atoms with Crippen LogP contribution in [0.3, 0.4) is 0 Å². The molecule has 0 saturated carbocycles. The molecule has 0 aliphatic carbocycles. The van der Waals surface area contributed by atoms with Crippen LogP contribution < -0.4 is 16.0 Å². The van der Waals surface area contributed by atoms with Gasteiger partial charge in [-0.3, -0.25) is 0 Å². The number of urea groups is 1. The first-order valence-corrected chi connectivity index (χ1v) is 13.2. The molecule has 4 rings (SSSR count). The summed E-state index contributed by atoms with van der Waals surface area (Å²) >= 11 is 0. The average molecular weight is 527 g/mol. The van der Waals surface area contributed by atoms with Crippen LogP contribution in [0.15, 0.2) is 47.5 Å². The molecule has 36 heavy (non-hydrogen) atoms. The van der Waals surface area contributed by atoms with Crippen molar-refractivity contribution in [1.29, 1.82) is 0 Å². The molecule has 2 aliphatic rings. The van der Waals surface area contributed by atoms with Crippen molar-refractivity contribution in [2.45, 2.75) is 36.4 Å². The molecule has 0 unspecified atom stereocenters. The molecule has 2 aliphatic heterocycles. The first-order chi connectivity index (χ1) is 17.0. The summed E-state index contributed by atoms with van der Waals surface area (Å²) in [4.78, 5) is 19.2. The van der Waals surface area contributed by atoms with Crippen LogP contribution in [0.2, 0.25) is 0 Å². The second kappa shape index (κ2) is 10.5. The highest BCUT2D eigenvalue weighted by Crippen LogP contribution is 2.29.